The first-order chi connectivity index (χ1) is 11.1. The van der Waals surface area contributed by atoms with Crippen LogP contribution >= 0.6 is 0 Å². The van der Waals surface area contributed by atoms with E-state index in [0.29, 0.717) is 5.06 Å². The van der Waals surface area contributed by atoms with Crippen molar-refractivity contribution < 1.29 is 19.2 Å². The quantitative estimate of drug-likeness (QED) is 0.787. The molecule has 0 aliphatic carbocycles. The van der Waals surface area contributed by atoms with Crippen LogP contribution in [-0.4, -0.2) is 32.4 Å². The number of carbonyl (C=O) groups excluding carboxylic acids is 3. The lowest BCUT2D eigenvalue weighted by Gasteiger charge is -2.11. The molecule has 0 saturated carbocycles. The van der Waals surface area contributed by atoms with Gasteiger partial charge in [-0.2, -0.15) is 0 Å². The lowest BCUT2D eigenvalue weighted by molar-refractivity contribution is -0.0588. The molecule has 2 aliphatic heterocycles. The van der Waals surface area contributed by atoms with E-state index in [4.69, 9.17) is 4.84 Å². The zero-order valence-electron chi connectivity index (χ0n) is 12.2. The molecule has 0 bridgehead atoms. The molecule has 3 heterocycles. The molecule has 0 saturated heterocycles. The maximum atomic E-state index is 12.2. The van der Waals surface area contributed by atoms with Gasteiger partial charge in [-0.25, -0.2) is 9.78 Å². The Balaban J connectivity index is 1.57. The van der Waals surface area contributed by atoms with Crippen molar-refractivity contribution in [1.82, 2.24) is 14.6 Å². The first-order valence-corrected chi connectivity index (χ1v) is 7.41. The number of hydrogen-bond donors (Lipinski definition) is 0. The van der Waals surface area contributed by atoms with Gasteiger partial charge in [0.25, 0.3) is 11.8 Å². The minimum Gasteiger partial charge on any atom is -0.334 e. The van der Waals surface area contributed by atoms with Crippen molar-refractivity contribution in [3.8, 4) is 0 Å². The lowest BCUT2D eigenvalue weighted by atomic mass is 10.1. The van der Waals surface area contributed by atoms with Crippen molar-refractivity contribution in [1.29, 1.82) is 0 Å². The first-order valence-electron chi connectivity index (χ1n) is 7.41. The Morgan fingerprint density at radius 2 is 1.78 bits per heavy atom. The van der Waals surface area contributed by atoms with Crippen molar-refractivity contribution in [3.05, 3.63) is 53.1 Å². The Bertz CT molecular complexity index is 781. The van der Waals surface area contributed by atoms with Crippen LogP contribution in [0.4, 0.5) is 0 Å². The number of amides is 2. The summed E-state index contributed by atoms with van der Waals surface area (Å²) in [5, 5.41) is 0.505. The first kappa shape index (κ1) is 13.7. The number of imidazole rings is 1. The Labute approximate surface area is 131 Å². The second-order valence-corrected chi connectivity index (χ2v) is 5.52. The van der Waals surface area contributed by atoms with Crippen LogP contribution in [0.5, 0.6) is 0 Å². The number of aryl methyl sites for hydroxylation is 2. The molecule has 0 spiro atoms. The molecule has 0 unspecified atom stereocenters. The van der Waals surface area contributed by atoms with Gasteiger partial charge >= 0.3 is 5.97 Å². The topological polar surface area (TPSA) is 81.5 Å². The van der Waals surface area contributed by atoms with Crippen LogP contribution < -0.4 is 0 Å². The average Bonchev–Trinajstić information content (AvgIpc) is 3.11. The van der Waals surface area contributed by atoms with E-state index in [1.54, 1.807) is 18.3 Å². The fraction of sp³-hybridized carbons (Fsp3) is 0.250. The van der Waals surface area contributed by atoms with E-state index in [0.717, 1.165) is 31.6 Å². The number of rotatable bonds is 2. The van der Waals surface area contributed by atoms with Gasteiger partial charge in [0.2, 0.25) is 0 Å². The third-order valence-electron chi connectivity index (χ3n) is 4.05. The van der Waals surface area contributed by atoms with Gasteiger partial charge < -0.3 is 9.40 Å². The molecule has 0 N–H and O–H groups in total. The van der Waals surface area contributed by atoms with Crippen molar-refractivity contribution in [2.75, 3.05) is 0 Å². The van der Waals surface area contributed by atoms with E-state index < -0.39 is 17.8 Å². The van der Waals surface area contributed by atoms with E-state index in [1.165, 1.54) is 12.1 Å². The van der Waals surface area contributed by atoms with Gasteiger partial charge in [0.05, 0.1) is 11.1 Å². The summed E-state index contributed by atoms with van der Waals surface area (Å²) < 4.78 is 1.91. The summed E-state index contributed by atoms with van der Waals surface area (Å²) in [5.41, 5.74) is 0.572. The summed E-state index contributed by atoms with van der Waals surface area (Å²) in [7, 11) is 0. The molecule has 0 radical (unpaired) electrons. The average molecular weight is 311 g/mol. The van der Waals surface area contributed by atoms with Crippen LogP contribution in [0.2, 0.25) is 0 Å². The molecule has 7 heteroatoms. The third-order valence-corrected chi connectivity index (χ3v) is 4.05. The highest BCUT2D eigenvalue weighted by atomic mass is 16.7. The number of fused-ring (bicyclic) bond motifs is 2. The molecule has 23 heavy (non-hydrogen) atoms. The molecule has 0 atom stereocenters. The summed E-state index contributed by atoms with van der Waals surface area (Å²) in [4.78, 5) is 45.8. The fourth-order valence-corrected chi connectivity index (χ4v) is 2.89. The van der Waals surface area contributed by atoms with Crippen LogP contribution in [0.15, 0.2) is 30.5 Å². The molecular weight excluding hydrogens is 298 g/mol. The van der Waals surface area contributed by atoms with E-state index >= 15 is 0 Å². The smallest absolute Gasteiger partial charge is 0.334 e. The molecule has 1 aromatic carbocycles. The molecule has 0 fully saturated rings. The zero-order chi connectivity index (χ0) is 16.0. The standard InChI is InChI=1S/C16H13N3O4/c20-14-10-5-1-2-6-11(10)15(21)19(14)23-16(22)12-9-18-8-4-3-7-13(18)17-12/h1-2,5-6,9H,3-4,7-8H2. The number of nitrogens with zero attached hydrogens (tertiary/aromatic N) is 3. The summed E-state index contributed by atoms with van der Waals surface area (Å²) in [6.07, 6.45) is 4.48. The number of carbonyl (C=O) groups is 3. The Morgan fingerprint density at radius 3 is 2.43 bits per heavy atom. The van der Waals surface area contributed by atoms with E-state index in [-0.39, 0.29) is 16.8 Å². The highest BCUT2D eigenvalue weighted by Crippen LogP contribution is 2.23. The molecule has 4 rings (SSSR count). The van der Waals surface area contributed by atoms with Gasteiger partial charge in [-0.15, -0.1) is 0 Å². The largest absolute Gasteiger partial charge is 0.383 e. The Morgan fingerprint density at radius 1 is 1.09 bits per heavy atom. The van der Waals surface area contributed by atoms with E-state index in [1.807, 2.05) is 4.57 Å². The zero-order valence-corrected chi connectivity index (χ0v) is 12.2. The molecule has 1 aromatic heterocycles. The number of aromatic nitrogens is 2. The van der Waals surface area contributed by atoms with Gasteiger partial charge in [0.1, 0.15) is 5.82 Å². The molecular formula is C16H13N3O4. The summed E-state index contributed by atoms with van der Waals surface area (Å²) in [5.74, 6) is -1.25. The summed E-state index contributed by atoms with van der Waals surface area (Å²) >= 11 is 0. The predicted octanol–water partition coefficient (Wildman–Crippen LogP) is 1.59. The van der Waals surface area contributed by atoms with Crippen molar-refractivity contribution in [2.45, 2.75) is 25.8 Å². The highest BCUT2D eigenvalue weighted by molar-refractivity contribution is 6.21. The minimum absolute atomic E-state index is 0.110. The maximum absolute atomic E-state index is 12.2. The Kier molecular flexibility index (Phi) is 3.00. The number of hydroxylamine groups is 2. The van der Waals surface area contributed by atoms with Gasteiger partial charge in [-0.05, 0) is 25.0 Å². The number of hydrogen-bond acceptors (Lipinski definition) is 5. The third kappa shape index (κ3) is 2.12. The SMILES string of the molecule is O=C(ON1C(=O)c2ccccc2C1=O)c1cn2c(n1)CCCC2. The molecule has 2 aromatic rings. The second kappa shape index (κ2) is 5.05. The number of benzene rings is 1. The summed E-state index contributed by atoms with van der Waals surface area (Å²) in [6, 6.07) is 6.36. The van der Waals surface area contributed by atoms with Crippen LogP contribution in [0, 0.1) is 0 Å². The molecule has 116 valence electrons. The maximum Gasteiger partial charge on any atom is 0.383 e. The van der Waals surface area contributed by atoms with Crippen LogP contribution in [-0.2, 0) is 17.8 Å². The van der Waals surface area contributed by atoms with Crippen molar-refractivity contribution >= 4 is 17.8 Å². The predicted molar refractivity (Wildman–Crippen MR) is 77.5 cm³/mol. The number of imide groups is 1. The monoisotopic (exact) mass is 311 g/mol. The van der Waals surface area contributed by atoms with Gasteiger partial charge in [-0.1, -0.05) is 17.2 Å². The van der Waals surface area contributed by atoms with Crippen LogP contribution in [0.3, 0.4) is 0 Å². The van der Waals surface area contributed by atoms with Gasteiger partial charge in [0, 0.05) is 19.2 Å². The van der Waals surface area contributed by atoms with E-state index in [9.17, 15) is 14.4 Å². The van der Waals surface area contributed by atoms with Crippen LogP contribution in [0.25, 0.3) is 0 Å². The highest BCUT2D eigenvalue weighted by Gasteiger charge is 2.39. The van der Waals surface area contributed by atoms with Crippen molar-refractivity contribution in [3.63, 3.8) is 0 Å². The minimum atomic E-state index is -0.804. The van der Waals surface area contributed by atoms with E-state index in [2.05, 4.69) is 4.98 Å². The normalized spacial score (nSPS) is 16.3. The van der Waals surface area contributed by atoms with Crippen LogP contribution in [0.1, 0.15) is 49.9 Å². The second-order valence-electron chi connectivity index (χ2n) is 5.52. The Hall–Kier alpha value is -2.96. The molecule has 2 aliphatic rings. The van der Waals surface area contributed by atoms with Gasteiger partial charge in [0.15, 0.2) is 5.69 Å². The summed E-state index contributed by atoms with van der Waals surface area (Å²) in [6.45, 7) is 0.808. The fourth-order valence-electron chi connectivity index (χ4n) is 2.89. The molecule has 2 amide bonds. The van der Waals surface area contributed by atoms with Crippen molar-refractivity contribution in [2.24, 2.45) is 0 Å². The van der Waals surface area contributed by atoms with Gasteiger partial charge in [-0.3, -0.25) is 9.59 Å². The lowest BCUT2D eigenvalue weighted by Crippen LogP contribution is -2.32. The molecule has 7 nitrogen and oxygen atoms in total.